The van der Waals surface area contributed by atoms with Crippen molar-refractivity contribution in [1.29, 1.82) is 0 Å². The largest absolute Gasteiger partial charge is 0.387 e. The minimum atomic E-state index is -4.32. The fraction of sp³-hybridized carbons (Fsp3) is 0.889. The van der Waals surface area contributed by atoms with Gasteiger partial charge in [0, 0.05) is 6.42 Å². The molecule has 0 aromatic carbocycles. The number of rotatable bonds is 24. The molecule has 0 aliphatic heterocycles. The second kappa shape index (κ2) is 22.5. The van der Waals surface area contributed by atoms with E-state index in [9.17, 15) is 22.9 Å². The third-order valence-electron chi connectivity index (χ3n) is 6.21. The van der Waals surface area contributed by atoms with Crippen molar-refractivity contribution in [2.24, 2.45) is 0 Å². The number of aliphatic hydroxyl groups is 1. The van der Waals surface area contributed by atoms with Crippen LogP contribution in [-0.2, 0) is 14.9 Å². The maximum Gasteiger partial charge on any atom is 0.267 e. The van der Waals surface area contributed by atoms with Gasteiger partial charge in [0.25, 0.3) is 10.1 Å². The number of aliphatic hydroxyl groups excluding tert-OH is 1. The summed E-state index contributed by atoms with van der Waals surface area (Å²) < 4.78 is 32.0. The summed E-state index contributed by atoms with van der Waals surface area (Å²) in [6.07, 6.45) is 23.5. The fourth-order valence-electron chi connectivity index (χ4n) is 4.09. The van der Waals surface area contributed by atoms with Crippen LogP contribution in [0, 0.1) is 0 Å². The molecule has 0 radical (unpaired) electrons. The molecule has 202 valence electrons. The predicted molar refractivity (Wildman–Crippen MR) is 143 cm³/mol. The van der Waals surface area contributed by atoms with E-state index in [1.807, 2.05) is 6.08 Å². The SMILES string of the molecule is CCCCCCCCCCC/C=C/C(O)C(CS(=O)(=O)O)NC(=O)CCCCCCCCCC. The van der Waals surface area contributed by atoms with E-state index in [2.05, 4.69) is 19.2 Å². The van der Waals surface area contributed by atoms with Gasteiger partial charge in [-0.1, -0.05) is 122 Å². The minimum absolute atomic E-state index is 0.286. The van der Waals surface area contributed by atoms with Crippen LogP contribution in [0.1, 0.15) is 136 Å². The number of hydrogen-bond acceptors (Lipinski definition) is 4. The van der Waals surface area contributed by atoms with Crippen LogP contribution in [0.25, 0.3) is 0 Å². The summed E-state index contributed by atoms with van der Waals surface area (Å²) in [6.45, 7) is 4.42. The highest BCUT2D eigenvalue weighted by atomic mass is 32.2. The number of hydrogen-bond donors (Lipinski definition) is 3. The molecule has 0 saturated carbocycles. The average molecular weight is 504 g/mol. The van der Waals surface area contributed by atoms with Crippen molar-refractivity contribution in [1.82, 2.24) is 5.32 Å². The second-order valence-corrected chi connectivity index (χ2v) is 11.2. The Kier molecular flexibility index (Phi) is 21.9. The Labute approximate surface area is 210 Å². The molecule has 0 heterocycles. The van der Waals surface area contributed by atoms with Gasteiger partial charge in [0.05, 0.1) is 17.9 Å². The lowest BCUT2D eigenvalue weighted by atomic mass is 10.1. The fourth-order valence-corrected chi connectivity index (χ4v) is 4.83. The smallest absolute Gasteiger partial charge is 0.267 e. The van der Waals surface area contributed by atoms with Crippen LogP contribution in [0.15, 0.2) is 12.2 Å². The zero-order chi connectivity index (χ0) is 25.5. The number of unbranched alkanes of at least 4 members (excludes halogenated alkanes) is 16. The van der Waals surface area contributed by atoms with Crippen molar-refractivity contribution in [3.05, 3.63) is 12.2 Å². The van der Waals surface area contributed by atoms with Gasteiger partial charge in [-0.05, 0) is 19.3 Å². The summed E-state index contributed by atoms with van der Waals surface area (Å²) in [7, 11) is -4.32. The molecule has 0 aromatic heterocycles. The van der Waals surface area contributed by atoms with Crippen LogP contribution >= 0.6 is 0 Å². The van der Waals surface area contributed by atoms with E-state index in [0.29, 0.717) is 6.42 Å². The first-order valence-corrected chi connectivity index (χ1v) is 15.5. The van der Waals surface area contributed by atoms with Crippen LogP contribution in [0.2, 0.25) is 0 Å². The second-order valence-electron chi connectivity index (χ2n) is 9.68. The molecule has 6 nitrogen and oxygen atoms in total. The number of carbonyl (C=O) groups excluding carboxylic acids is 1. The van der Waals surface area contributed by atoms with Gasteiger partial charge in [0.15, 0.2) is 0 Å². The van der Waals surface area contributed by atoms with Crippen molar-refractivity contribution in [3.63, 3.8) is 0 Å². The van der Waals surface area contributed by atoms with Gasteiger partial charge < -0.3 is 10.4 Å². The molecule has 0 aromatic rings. The van der Waals surface area contributed by atoms with Gasteiger partial charge >= 0.3 is 0 Å². The molecular weight excluding hydrogens is 450 g/mol. The van der Waals surface area contributed by atoms with Crippen molar-refractivity contribution < 1.29 is 22.9 Å². The van der Waals surface area contributed by atoms with Crippen molar-refractivity contribution in [3.8, 4) is 0 Å². The topological polar surface area (TPSA) is 104 Å². The average Bonchev–Trinajstić information content (AvgIpc) is 2.77. The lowest BCUT2D eigenvalue weighted by molar-refractivity contribution is -0.122. The summed E-state index contributed by atoms with van der Waals surface area (Å²) in [6, 6.07) is -1.05. The molecule has 3 N–H and O–H groups in total. The summed E-state index contributed by atoms with van der Waals surface area (Å²) in [5, 5.41) is 13.0. The minimum Gasteiger partial charge on any atom is -0.387 e. The molecule has 0 bridgehead atoms. The van der Waals surface area contributed by atoms with Gasteiger partial charge in [-0.25, -0.2) is 0 Å². The van der Waals surface area contributed by atoms with E-state index in [0.717, 1.165) is 38.5 Å². The molecule has 34 heavy (non-hydrogen) atoms. The Bertz CT molecular complexity index is 606. The van der Waals surface area contributed by atoms with E-state index in [1.165, 1.54) is 83.1 Å². The Morgan fingerprint density at radius 3 is 1.68 bits per heavy atom. The molecule has 0 rings (SSSR count). The summed E-state index contributed by atoms with van der Waals surface area (Å²) in [4.78, 5) is 12.3. The van der Waals surface area contributed by atoms with Gasteiger partial charge in [0.2, 0.25) is 5.91 Å². The Balaban J connectivity index is 4.18. The Hall–Kier alpha value is -0.920. The molecule has 7 heteroatoms. The quantitative estimate of drug-likeness (QED) is 0.0770. The van der Waals surface area contributed by atoms with Gasteiger partial charge in [-0.3, -0.25) is 9.35 Å². The number of nitrogens with one attached hydrogen (secondary N) is 1. The molecule has 0 spiro atoms. The van der Waals surface area contributed by atoms with Gasteiger partial charge in [-0.15, -0.1) is 0 Å². The highest BCUT2D eigenvalue weighted by Crippen LogP contribution is 2.12. The van der Waals surface area contributed by atoms with Crippen molar-refractivity contribution >= 4 is 16.0 Å². The Morgan fingerprint density at radius 2 is 1.21 bits per heavy atom. The predicted octanol–water partition coefficient (Wildman–Crippen LogP) is 6.73. The van der Waals surface area contributed by atoms with E-state index in [-0.39, 0.29) is 5.91 Å². The van der Waals surface area contributed by atoms with E-state index in [1.54, 1.807) is 0 Å². The molecule has 0 aliphatic carbocycles. The maximum atomic E-state index is 12.3. The van der Waals surface area contributed by atoms with Crippen LogP contribution in [0.5, 0.6) is 0 Å². The first kappa shape index (κ1) is 33.1. The first-order chi connectivity index (χ1) is 16.3. The Morgan fingerprint density at radius 1 is 0.765 bits per heavy atom. The lowest BCUT2D eigenvalue weighted by Gasteiger charge is -2.21. The molecule has 0 aliphatic rings. The highest BCUT2D eigenvalue weighted by Gasteiger charge is 2.24. The number of amides is 1. The van der Waals surface area contributed by atoms with Gasteiger partial charge in [0.1, 0.15) is 0 Å². The van der Waals surface area contributed by atoms with Crippen molar-refractivity contribution in [2.45, 2.75) is 148 Å². The first-order valence-electron chi connectivity index (χ1n) is 13.9. The van der Waals surface area contributed by atoms with Crippen LogP contribution in [0.4, 0.5) is 0 Å². The van der Waals surface area contributed by atoms with E-state index in [4.69, 9.17) is 0 Å². The molecular formula is C27H53NO5S. The molecule has 2 unspecified atom stereocenters. The highest BCUT2D eigenvalue weighted by molar-refractivity contribution is 7.85. The zero-order valence-electron chi connectivity index (χ0n) is 22.0. The third-order valence-corrected chi connectivity index (χ3v) is 6.99. The van der Waals surface area contributed by atoms with Crippen LogP contribution in [-0.4, -0.2) is 41.9 Å². The van der Waals surface area contributed by atoms with Crippen LogP contribution < -0.4 is 5.32 Å². The number of allylic oxidation sites excluding steroid dienone is 1. The van der Waals surface area contributed by atoms with Crippen molar-refractivity contribution in [2.75, 3.05) is 5.75 Å². The lowest BCUT2D eigenvalue weighted by Crippen LogP contribution is -2.46. The molecule has 0 saturated heterocycles. The van der Waals surface area contributed by atoms with E-state index >= 15 is 0 Å². The summed E-state index contributed by atoms with van der Waals surface area (Å²) in [5.41, 5.74) is 0. The standard InChI is InChI=1S/C27H53NO5S/c1-3-5-7-9-11-13-14-15-16-18-20-22-26(29)25(24-34(31,32)33)28-27(30)23-21-19-17-12-10-8-6-4-2/h20,22,25-26,29H,3-19,21,23-24H2,1-2H3,(H,28,30)(H,31,32,33)/b22-20+. The zero-order valence-corrected chi connectivity index (χ0v) is 22.8. The van der Waals surface area contributed by atoms with Crippen LogP contribution in [0.3, 0.4) is 0 Å². The molecule has 1 amide bonds. The molecule has 2 atom stereocenters. The normalized spacial score (nSPS) is 13.9. The summed E-state index contributed by atoms with van der Waals surface area (Å²) >= 11 is 0. The third kappa shape index (κ3) is 22.9. The monoisotopic (exact) mass is 503 g/mol. The summed E-state index contributed by atoms with van der Waals surface area (Å²) in [5.74, 6) is -0.981. The molecule has 0 fully saturated rings. The number of carbonyl (C=O) groups is 1. The van der Waals surface area contributed by atoms with Gasteiger partial charge in [-0.2, -0.15) is 8.42 Å². The van der Waals surface area contributed by atoms with E-state index < -0.39 is 28.0 Å². The maximum absolute atomic E-state index is 12.3.